The van der Waals surface area contributed by atoms with Crippen LogP contribution in [0, 0.1) is 0 Å². The summed E-state index contributed by atoms with van der Waals surface area (Å²) in [4.78, 5) is 22.1. The largest absolute Gasteiger partial charge is 0.351 e. The van der Waals surface area contributed by atoms with E-state index in [1.165, 1.54) is 11.8 Å². The van der Waals surface area contributed by atoms with Crippen molar-refractivity contribution in [2.24, 2.45) is 5.73 Å². The standard InChI is InChI=1S/C18H16N4O2S/c19-18(24)20-15(23)10-11-25-17-14-9-5-4-8-13(14)16(21-22-17)12-6-2-1-3-7-12/h1-9H,10-11H2,(H3,19,20,23,24). The van der Waals surface area contributed by atoms with E-state index in [-0.39, 0.29) is 6.42 Å². The average Bonchev–Trinajstić information content (AvgIpc) is 2.62. The van der Waals surface area contributed by atoms with Gasteiger partial charge in [-0.3, -0.25) is 10.1 Å². The summed E-state index contributed by atoms with van der Waals surface area (Å²) in [5.74, 6) is 0.0702. The summed E-state index contributed by atoms with van der Waals surface area (Å²) in [6.07, 6.45) is 0.171. The number of rotatable bonds is 5. The molecule has 0 unspecified atom stereocenters. The Morgan fingerprint density at radius 2 is 1.64 bits per heavy atom. The van der Waals surface area contributed by atoms with Crippen molar-refractivity contribution in [3.8, 4) is 11.3 Å². The van der Waals surface area contributed by atoms with Crippen LogP contribution in [0.4, 0.5) is 4.79 Å². The lowest BCUT2D eigenvalue weighted by atomic mass is 10.1. The monoisotopic (exact) mass is 352 g/mol. The molecule has 3 N–H and O–H groups in total. The SMILES string of the molecule is NC(=O)NC(=O)CCSc1nnc(-c2ccccc2)c2ccccc12. The van der Waals surface area contributed by atoms with Gasteiger partial charge in [-0.1, -0.05) is 54.6 Å². The molecule has 1 heterocycles. The molecular weight excluding hydrogens is 336 g/mol. The zero-order chi connectivity index (χ0) is 17.6. The maximum atomic E-state index is 11.5. The number of benzene rings is 2. The van der Waals surface area contributed by atoms with Crippen molar-refractivity contribution in [3.63, 3.8) is 0 Å². The van der Waals surface area contributed by atoms with Gasteiger partial charge in [-0.2, -0.15) is 0 Å². The summed E-state index contributed by atoms with van der Waals surface area (Å²) >= 11 is 1.42. The molecule has 0 aliphatic carbocycles. The van der Waals surface area contributed by atoms with Crippen LogP contribution in [0.25, 0.3) is 22.0 Å². The van der Waals surface area contributed by atoms with Gasteiger partial charge in [0.25, 0.3) is 0 Å². The Kier molecular flexibility index (Phi) is 5.25. The first-order valence-corrected chi connectivity index (χ1v) is 8.66. The lowest BCUT2D eigenvalue weighted by molar-refractivity contribution is -0.119. The summed E-state index contributed by atoms with van der Waals surface area (Å²) < 4.78 is 0. The van der Waals surface area contributed by atoms with E-state index in [1.807, 2.05) is 59.9 Å². The minimum Gasteiger partial charge on any atom is -0.351 e. The number of hydrogen-bond donors (Lipinski definition) is 2. The molecule has 0 aliphatic heterocycles. The first kappa shape index (κ1) is 16.9. The Morgan fingerprint density at radius 1 is 0.960 bits per heavy atom. The lowest BCUT2D eigenvalue weighted by Gasteiger charge is -2.09. The van der Waals surface area contributed by atoms with Gasteiger partial charge >= 0.3 is 6.03 Å². The highest BCUT2D eigenvalue weighted by Gasteiger charge is 2.12. The fourth-order valence-electron chi connectivity index (χ4n) is 2.44. The molecule has 25 heavy (non-hydrogen) atoms. The number of nitrogens with zero attached hydrogens (tertiary/aromatic N) is 2. The maximum absolute atomic E-state index is 11.5. The summed E-state index contributed by atoms with van der Waals surface area (Å²) in [6, 6.07) is 17.0. The third-order valence-corrected chi connectivity index (χ3v) is 4.51. The Hall–Kier alpha value is -2.93. The van der Waals surface area contributed by atoms with Crippen LogP contribution >= 0.6 is 11.8 Å². The lowest BCUT2D eigenvalue weighted by Crippen LogP contribution is -2.35. The Balaban J connectivity index is 1.84. The molecule has 0 radical (unpaired) electrons. The van der Waals surface area contributed by atoms with Crippen LogP contribution < -0.4 is 11.1 Å². The van der Waals surface area contributed by atoms with Crippen LogP contribution in [0.2, 0.25) is 0 Å². The van der Waals surface area contributed by atoms with E-state index in [1.54, 1.807) is 0 Å². The van der Waals surface area contributed by atoms with Crippen molar-refractivity contribution in [3.05, 3.63) is 54.6 Å². The molecule has 2 aromatic carbocycles. The van der Waals surface area contributed by atoms with Gasteiger partial charge in [0.2, 0.25) is 5.91 Å². The Bertz CT molecular complexity index is 915. The first-order valence-electron chi connectivity index (χ1n) is 7.68. The fraction of sp³-hybridized carbons (Fsp3) is 0.111. The number of aromatic nitrogens is 2. The number of nitrogens with one attached hydrogen (secondary N) is 1. The van der Waals surface area contributed by atoms with Gasteiger partial charge in [0.1, 0.15) is 10.7 Å². The topological polar surface area (TPSA) is 98.0 Å². The number of imide groups is 1. The Morgan fingerprint density at radius 3 is 2.36 bits per heavy atom. The van der Waals surface area contributed by atoms with Crippen LogP contribution in [0.1, 0.15) is 6.42 Å². The number of carbonyl (C=O) groups is 2. The van der Waals surface area contributed by atoms with E-state index < -0.39 is 11.9 Å². The fourth-order valence-corrected chi connectivity index (χ4v) is 3.35. The molecule has 3 rings (SSSR count). The quantitative estimate of drug-likeness (QED) is 0.688. The van der Waals surface area contributed by atoms with E-state index in [9.17, 15) is 9.59 Å². The maximum Gasteiger partial charge on any atom is 0.318 e. The third-order valence-electron chi connectivity index (χ3n) is 3.53. The van der Waals surface area contributed by atoms with Crippen molar-refractivity contribution < 1.29 is 9.59 Å². The second-order valence-electron chi connectivity index (χ2n) is 5.28. The van der Waals surface area contributed by atoms with Crippen molar-refractivity contribution >= 4 is 34.5 Å². The minimum atomic E-state index is -0.840. The molecule has 0 bridgehead atoms. The Labute approximate surface area is 148 Å². The second kappa shape index (κ2) is 7.76. The first-order chi connectivity index (χ1) is 12.1. The van der Waals surface area contributed by atoms with E-state index in [0.717, 1.165) is 27.1 Å². The number of thioether (sulfide) groups is 1. The molecule has 0 saturated heterocycles. The molecule has 3 aromatic rings. The summed E-state index contributed by atoms with van der Waals surface area (Å²) in [5.41, 5.74) is 6.75. The second-order valence-corrected chi connectivity index (χ2v) is 6.36. The minimum absolute atomic E-state index is 0.171. The molecule has 3 amide bonds. The molecule has 6 nitrogen and oxygen atoms in total. The predicted molar refractivity (Wildman–Crippen MR) is 98.0 cm³/mol. The summed E-state index contributed by atoms with van der Waals surface area (Å²) in [5, 5.41) is 13.5. The summed E-state index contributed by atoms with van der Waals surface area (Å²) in [6.45, 7) is 0. The third kappa shape index (κ3) is 4.13. The molecule has 0 spiro atoms. The van der Waals surface area contributed by atoms with Crippen molar-refractivity contribution in [1.29, 1.82) is 0 Å². The van der Waals surface area contributed by atoms with Crippen LogP contribution in [-0.4, -0.2) is 27.9 Å². The number of primary amides is 1. The molecular formula is C18H16N4O2S. The number of amides is 3. The van der Waals surface area contributed by atoms with Gasteiger partial charge in [-0.15, -0.1) is 22.0 Å². The number of nitrogens with two attached hydrogens (primary N) is 1. The highest BCUT2D eigenvalue weighted by Crippen LogP contribution is 2.31. The van der Waals surface area contributed by atoms with E-state index in [4.69, 9.17) is 5.73 Å². The van der Waals surface area contributed by atoms with Crippen LogP contribution in [0.5, 0.6) is 0 Å². The number of urea groups is 1. The zero-order valence-corrected chi connectivity index (χ0v) is 14.1. The van der Waals surface area contributed by atoms with Gasteiger partial charge < -0.3 is 5.73 Å². The van der Waals surface area contributed by atoms with Crippen LogP contribution in [-0.2, 0) is 4.79 Å². The van der Waals surface area contributed by atoms with Gasteiger partial charge in [-0.25, -0.2) is 4.79 Å². The van der Waals surface area contributed by atoms with E-state index >= 15 is 0 Å². The van der Waals surface area contributed by atoms with Crippen molar-refractivity contribution in [2.75, 3.05) is 5.75 Å². The molecule has 0 fully saturated rings. The van der Waals surface area contributed by atoms with E-state index in [0.29, 0.717) is 5.75 Å². The van der Waals surface area contributed by atoms with Gasteiger partial charge in [0.05, 0.1) is 0 Å². The molecule has 1 aromatic heterocycles. The van der Waals surface area contributed by atoms with Gasteiger partial charge in [-0.05, 0) is 0 Å². The molecule has 0 saturated carbocycles. The van der Waals surface area contributed by atoms with Crippen molar-refractivity contribution in [2.45, 2.75) is 11.4 Å². The van der Waals surface area contributed by atoms with E-state index in [2.05, 4.69) is 10.2 Å². The number of carbonyl (C=O) groups excluding carboxylic acids is 2. The highest BCUT2D eigenvalue weighted by atomic mass is 32.2. The predicted octanol–water partition coefficient (Wildman–Crippen LogP) is 2.97. The summed E-state index contributed by atoms with van der Waals surface area (Å²) in [7, 11) is 0. The highest BCUT2D eigenvalue weighted by molar-refractivity contribution is 7.99. The smallest absolute Gasteiger partial charge is 0.318 e. The average molecular weight is 352 g/mol. The molecule has 7 heteroatoms. The molecule has 0 aliphatic rings. The number of fused-ring (bicyclic) bond motifs is 1. The molecule has 0 atom stereocenters. The number of hydrogen-bond acceptors (Lipinski definition) is 5. The van der Waals surface area contributed by atoms with Gasteiger partial charge in [0.15, 0.2) is 0 Å². The van der Waals surface area contributed by atoms with Crippen LogP contribution in [0.3, 0.4) is 0 Å². The van der Waals surface area contributed by atoms with Crippen molar-refractivity contribution in [1.82, 2.24) is 15.5 Å². The molecule has 126 valence electrons. The zero-order valence-electron chi connectivity index (χ0n) is 13.3. The van der Waals surface area contributed by atoms with Crippen LogP contribution in [0.15, 0.2) is 59.6 Å². The van der Waals surface area contributed by atoms with Gasteiger partial charge in [0, 0.05) is 28.5 Å². The normalized spacial score (nSPS) is 10.6.